The maximum atomic E-state index is 10.9. The van der Waals surface area contributed by atoms with Crippen molar-refractivity contribution in [1.29, 1.82) is 0 Å². The van der Waals surface area contributed by atoms with Gasteiger partial charge in [-0.2, -0.15) is 5.11 Å². The Morgan fingerprint density at radius 2 is 2.23 bits per heavy atom. The second-order valence-corrected chi connectivity index (χ2v) is 5.58. The third-order valence-corrected chi connectivity index (χ3v) is 4.19. The molecule has 0 saturated carbocycles. The van der Waals surface area contributed by atoms with Gasteiger partial charge in [-0.15, -0.1) is 16.5 Å². The summed E-state index contributed by atoms with van der Waals surface area (Å²) in [6, 6.07) is 6.65. The molecule has 3 rings (SSSR count). The fourth-order valence-corrected chi connectivity index (χ4v) is 2.95. The number of aromatic nitrogens is 2. The molecule has 0 amide bonds. The first-order valence-electron chi connectivity index (χ1n) is 6.53. The van der Waals surface area contributed by atoms with Crippen molar-refractivity contribution < 1.29 is 9.90 Å². The molecule has 2 aromatic heterocycles. The van der Waals surface area contributed by atoms with Crippen molar-refractivity contribution in [2.45, 2.75) is 13.5 Å². The van der Waals surface area contributed by atoms with Gasteiger partial charge in [0.1, 0.15) is 6.33 Å². The fourth-order valence-electron chi connectivity index (χ4n) is 2.01. The van der Waals surface area contributed by atoms with Gasteiger partial charge >= 0.3 is 5.97 Å². The van der Waals surface area contributed by atoms with Gasteiger partial charge in [0, 0.05) is 0 Å². The number of carbonyl (C=O) groups is 1. The molecular formula is C15H12N4O2S. The van der Waals surface area contributed by atoms with Crippen molar-refractivity contribution in [3.05, 3.63) is 52.7 Å². The number of benzene rings is 1. The van der Waals surface area contributed by atoms with Gasteiger partial charge in [-0.3, -0.25) is 0 Å². The lowest BCUT2D eigenvalue weighted by atomic mass is 10.1. The number of rotatable bonds is 4. The normalized spacial score (nSPS) is 11.3. The van der Waals surface area contributed by atoms with Crippen molar-refractivity contribution in [3.63, 3.8) is 0 Å². The van der Waals surface area contributed by atoms with E-state index < -0.39 is 5.97 Å². The summed E-state index contributed by atoms with van der Waals surface area (Å²) in [7, 11) is 0. The first kappa shape index (κ1) is 14.3. The van der Waals surface area contributed by atoms with Crippen molar-refractivity contribution >= 4 is 33.3 Å². The number of fused-ring (bicyclic) bond motifs is 1. The summed E-state index contributed by atoms with van der Waals surface area (Å²) in [6.07, 6.45) is 1.47. The number of thiophene rings is 1. The molecule has 0 atom stereocenters. The molecule has 6 nitrogen and oxygen atoms in total. The highest BCUT2D eigenvalue weighted by Crippen LogP contribution is 2.30. The van der Waals surface area contributed by atoms with Crippen LogP contribution >= 0.6 is 11.3 Å². The molecule has 110 valence electrons. The maximum absolute atomic E-state index is 10.9. The number of carboxylic acids is 1. The predicted molar refractivity (Wildman–Crippen MR) is 83.8 cm³/mol. The number of nitrogens with zero attached hydrogens (tertiary/aromatic N) is 4. The van der Waals surface area contributed by atoms with Crippen LogP contribution in [0, 0.1) is 6.92 Å². The summed E-state index contributed by atoms with van der Waals surface area (Å²) >= 11 is 1.54. The Morgan fingerprint density at radius 3 is 3.05 bits per heavy atom. The van der Waals surface area contributed by atoms with E-state index in [1.54, 1.807) is 18.2 Å². The molecule has 3 aromatic rings. The highest BCUT2D eigenvalue weighted by molar-refractivity contribution is 7.17. The minimum Gasteiger partial charge on any atom is -0.478 e. The first-order chi connectivity index (χ1) is 10.6. The molecule has 0 unspecified atom stereocenters. The topological polar surface area (TPSA) is 87.8 Å². The summed E-state index contributed by atoms with van der Waals surface area (Å²) in [4.78, 5) is 19.3. The van der Waals surface area contributed by atoms with E-state index in [0.29, 0.717) is 12.4 Å². The number of aromatic carboxylic acids is 1. The zero-order valence-corrected chi connectivity index (χ0v) is 12.5. The Morgan fingerprint density at radius 1 is 1.36 bits per heavy atom. The van der Waals surface area contributed by atoms with Gasteiger partial charge < -0.3 is 5.11 Å². The quantitative estimate of drug-likeness (QED) is 0.738. The summed E-state index contributed by atoms with van der Waals surface area (Å²) in [6.45, 7) is 2.29. The zero-order chi connectivity index (χ0) is 15.5. The summed E-state index contributed by atoms with van der Waals surface area (Å²) in [5.41, 5.74) is 3.01. The van der Waals surface area contributed by atoms with Crippen LogP contribution in [0.15, 0.2) is 46.2 Å². The molecule has 0 aliphatic rings. The van der Waals surface area contributed by atoms with Gasteiger partial charge in [-0.1, -0.05) is 12.1 Å². The Hall–Kier alpha value is -2.67. The number of azo groups is 1. The van der Waals surface area contributed by atoms with E-state index in [1.807, 2.05) is 18.4 Å². The van der Waals surface area contributed by atoms with E-state index >= 15 is 0 Å². The third-order valence-electron chi connectivity index (χ3n) is 3.10. The number of hydrogen-bond donors (Lipinski definition) is 1. The molecule has 2 heterocycles. The average molecular weight is 312 g/mol. The smallest absolute Gasteiger partial charge is 0.335 e. The van der Waals surface area contributed by atoms with E-state index in [0.717, 1.165) is 21.3 Å². The minimum atomic E-state index is -0.953. The lowest BCUT2D eigenvalue weighted by Gasteiger charge is -1.98. The second kappa shape index (κ2) is 5.98. The lowest BCUT2D eigenvalue weighted by molar-refractivity contribution is 0.0696. The van der Waals surface area contributed by atoms with Crippen LogP contribution in [0.4, 0.5) is 5.82 Å². The molecule has 1 aromatic carbocycles. The molecule has 22 heavy (non-hydrogen) atoms. The van der Waals surface area contributed by atoms with Gasteiger partial charge in [0.25, 0.3) is 0 Å². The van der Waals surface area contributed by atoms with Crippen molar-refractivity contribution in [2.24, 2.45) is 10.2 Å². The Balaban J connectivity index is 1.82. The predicted octanol–water partition coefficient (Wildman–Crippen LogP) is 3.98. The summed E-state index contributed by atoms with van der Waals surface area (Å²) < 4.78 is 0.906. The summed E-state index contributed by atoms with van der Waals surface area (Å²) in [5.74, 6) is -0.414. The van der Waals surface area contributed by atoms with Crippen LogP contribution in [0.1, 0.15) is 21.5 Å². The average Bonchev–Trinajstić information content (AvgIpc) is 2.90. The highest BCUT2D eigenvalue weighted by atomic mass is 32.1. The standard InChI is InChI=1S/C15H12N4O2S/c1-9-7-22-13-12(9)16-8-17-14(13)19-18-6-10-3-2-4-11(5-10)15(20)21/h2-5,7-8H,6H2,1H3,(H,20,21). The Bertz CT molecular complexity index is 873. The molecule has 0 radical (unpaired) electrons. The van der Waals surface area contributed by atoms with Crippen molar-refractivity contribution in [2.75, 3.05) is 0 Å². The van der Waals surface area contributed by atoms with E-state index in [2.05, 4.69) is 20.2 Å². The monoisotopic (exact) mass is 312 g/mol. The van der Waals surface area contributed by atoms with E-state index in [9.17, 15) is 4.79 Å². The van der Waals surface area contributed by atoms with Gasteiger partial charge in [-0.25, -0.2) is 14.8 Å². The fraction of sp³-hybridized carbons (Fsp3) is 0.133. The molecule has 0 saturated heterocycles. The number of aryl methyl sites for hydroxylation is 1. The van der Waals surface area contributed by atoms with Crippen LogP contribution in [-0.4, -0.2) is 21.0 Å². The van der Waals surface area contributed by atoms with Crippen molar-refractivity contribution in [1.82, 2.24) is 9.97 Å². The third kappa shape index (κ3) is 2.84. The minimum absolute atomic E-state index is 0.242. The van der Waals surface area contributed by atoms with E-state index in [-0.39, 0.29) is 5.56 Å². The van der Waals surface area contributed by atoms with Crippen LogP contribution in [0.25, 0.3) is 10.2 Å². The molecule has 7 heteroatoms. The number of carboxylic acid groups (broad SMARTS) is 1. The Labute approximate surface area is 130 Å². The van der Waals surface area contributed by atoms with Gasteiger partial charge in [-0.05, 0) is 35.6 Å². The summed E-state index contributed by atoms with van der Waals surface area (Å²) in [5, 5.41) is 19.2. The van der Waals surface area contributed by atoms with Gasteiger partial charge in [0.05, 0.1) is 22.3 Å². The molecule has 1 N–H and O–H groups in total. The molecule has 0 fully saturated rings. The largest absolute Gasteiger partial charge is 0.478 e. The molecule has 0 spiro atoms. The van der Waals surface area contributed by atoms with Crippen LogP contribution in [0.5, 0.6) is 0 Å². The molecule has 0 aliphatic carbocycles. The Kier molecular flexibility index (Phi) is 3.88. The van der Waals surface area contributed by atoms with Crippen LogP contribution < -0.4 is 0 Å². The van der Waals surface area contributed by atoms with Crippen LogP contribution in [-0.2, 0) is 6.54 Å². The zero-order valence-electron chi connectivity index (χ0n) is 11.7. The SMILES string of the molecule is Cc1csc2c(N=NCc3cccc(C(=O)O)c3)ncnc12. The molecule has 0 bridgehead atoms. The second-order valence-electron chi connectivity index (χ2n) is 4.70. The highest BCUT2D eigenvalue weighted by Gasteiger charge is 2.07. The van der Waals surface area contributed by atoms with E-state index in [1.165, 1.54) is 17.7 Å². The van der Waals surface area contributed by atoms with Crippen LogP contribution in [0.2, 0.25) is 0 Å². The molecule has 0 aliphatic heterocycles. The van der Waals surface area contributed by atoms with Gasteiger partial charge in [0.15, 0.2) is 5.82 Å². The molecular weight excluding hydrogens is 300 g/mol. The number of hydrogen-bond acceptors (Lipinski definition) is 6. The van der Waals surface area contributed by atoms with Gasteiger partial charge in [0.2, 0.25) is 0 Å². The first-order valence-corrected chi connectivity index (χ1v) is 7.41. The lowest BCUT2D eigenvalue weighted by Crippen LogP contribution is -1.96. The maximum Gasteiger partial charge on any atom is 0.335 e. The van der Waals surface area contributed by atoms with E-state index in [4.69, 9.17) is 5.11 Å². The van der Waals surface area contributed by atoms with Crippen LogP contribution in [0.3, 0.4) is 0 Å². The van der Waals surface area contributed by atoms with Crippen molar-refractivity contribution in [3.8, 4) is 0 Å².